The number of allylic oxidation sites excluding steroid dienone is 2. The second-order valence-electron chi connectivity index (χ2n) is 12.1. The Bertz CT molecular complexity index is 1990. The Balaban J connectivity index is 1.47. The molecular formula is C40H38N2O6. The summed E-state index contributed by atoms with van der Waals surface area (Å²) < 4.78 is 12.3. The van der Waals surface area contributed by atoms with E-state index in [1.165, 1.54) is 18.2 Å². The minimum absolute atomic E-state index is 0.143. The molecule has 0 radical (unpaired) electrons. The van der Waals surface area contributed by atoms with Crippen LogP contribution in [0.15, 0.2) is 103 Å². The highest BCUT2D eigenvalue weighted by Gasteiger charge is 2.27. The molecule has 0 bridgehead atoms. The molecule has 244 valence electrons. The van der Waals surface area contributed by atoms with Crippen molar-refractivity contribution in [2.75, 3.05) is 21.3 Å². The second kappa shape index (κ2) is 14.0. The highest BCUT2D eigenvalue weighted by atomic mass is 16.5. The molecule has 0 aliphatic heterocycles. The number of rotatable bonds is 10. The molecule has 5 aromatic rings. The Kier molecular flexibility index (Phi) is 9.43. The summed E-state index contributed by atoms with van der Waals surface area (Å²) in [4.78, 5) is 39.7. The van der Waals surface area contributed by atoms with Gasteiger partial charge in [0.1, 0.15) is 5.75 Å². The van der Waals surface area contributed by atoms with Crippen LogP contribution in [-0.2, 0) is 17.8 Å². The molecule has 1 aliphatic carbocycles. The molecule has 1 aromatic heterocycles. The highest BCUT2D eigenvalue weighted by Crippen LogP contribution is 2.41. The monoisotopic (exact) mass is 642 g/mol. The Hall–Kier alpha value is -5.63. The van der Waals surface area contributed by atoms with E-state index in [2.05, 4.69) is 34.9 Å². The van der Waals surface area contributed by atoms with Gasteiger partial charge in [-0.15, -0.1) is 0 Å². The molecule has 1 atom stereocenters. The smallest absolute Gasteiger partial charge is 0.337 e. The van der Waals surface area contributed by atoms with E-state index in [4.69, 9.17) is 9.47 Å². The quantitative estimate of drug-likeness (QED) is 0.156. The van der Waals surface area contributed by atoms with Crippen LogP contribution in [0, 0.1) is 0 Å². The van der Waals surface area contributed by atoms with Gasteiger partial charge >= 0.3 is 11.9 Å². The van der Waals surface area contributed by atoms with Crippen molar-refractivity contribution in [1.82, 2.24) is 9.47 Å². The number of amides is 1. The summed E-state index contributed by atoms with van der Waals surface area (Å²) in [5, 5.41) is 10.9. The van der Waals surface area contributed by atoms with Crippen molar-refractivity contribution < 1.29 is 29.0 Å². The summed E-state index contributed by atoms with van der Waals surface area (Å²) in [6, 6.07) is 30.1. The molecule has 1 aliphatic rings. The summed E-state index contributed by atoms with van der Waals surface area (Å²) in [6.45, 7) is 0.692. The van der Waals surface area contributed by atoms with Gasteiger partial charge in [-0.05, 0) is 90.4 Å². The molecule has 0 fully saturated rings. The lowest BCUT2D eigenvalue weighted by atomic mass is 9.82. The summed E-state index contributed by atoms with van der Waals surface area (Å²) >= 11 is 0. The van der Waals surface area contributed by atoms with Gasteiger partial charge in [-0.1, -0.05) is 54.6 Å². The number of carbonyl (C=O) groups is 3. The molecule has 1 unspecified atom stereocenters. The largest absolute Gasteiger partial charge is 0.497 e. The lowest BCUT2D eigenvalue weighted by Gasteiger charge is -2.25. The van der Waals surface area contributed by atoms with Crippen LogP contribution < -0.4 is 4.74 Å². The fraction of sp³-hybridized carbons (Fsp3) is 0.225. The predicted molar refractivity (Wildman–Crippen MR) is 186 cm³/mol. The molecule has 48 heavy (non-hydrogen) atoms. The normalized spacial score (nSPS) is 14.3. The van der Waals surface area contributed by atoms with E-state index in [0.29, 0.717) is 29.3 Å². The summed E-state index contributed by atoms with van der Waals surface area (Å²) in [6.07, 6.45) is 5.01. The molecule has 1 N–H and O–H groups in total. The first-order valence-corrected chi connectivity index (χ1v) is 16.0. The maximum absolute atomic E-state index is 13.7. The molecule has 8 nitrogen and oxygen atoms in total. The van der Waals surface area contributed by atoms with Crippen molar-refractivity contribution in [1.29, 1.82) is 0 Å². The van der Waals surface area contributed by atoms with E-state index in [1.54, 1.807) is 67.6 Å². The highest BCUT2D eigenvalue weighted by molar-refractivity contribution is 6.00. The van der Waals surface area contributed by atoms with Crippen LogP contribution in [0.2, 0.25) is 0 Å². The minimum atomic E-state index is -1.01. The van der Waals surface area contributed by atoms with Crippen LogP contribution in [0.3, 0.4) is 0 Å². The number of methoxy groups -OCH3 is 2. The van der Waals surface area contributed by atoms with Crippen LogP contribution in [-0.4, -0.2) is 53.7 Å². The maximum Gasteiger partial charge on any atom is 0.337 e. The zero-order valence-electron chi connectivity index (χ0n) is 27.3. The zero-order chi connectivity index (χ0) is 33.8. The molecule has 8 heteroatoms. The van der Waals surface area contributed by atoms with Gasteiger partial charge in [-0.3, -0.25) is 4.79 Å². The van der Waals surface area contributed by atoms with Crippen LogP contribution in [0.25, 0.3) is 16.5 Å². The number of carboxylic acid groups (broad SMARTS) is 1. The van der Waals surface area contributed by atoms with E-state index in [9.17, 15) is 19.5 Å². The Morgan fingerprint density at radius 2 is 1.56 bits per heavy atom. The van der Waals surface area contributed by atoms with Gasteiger partial charge < -0.3 is 24.0 Å². The second-order valence-corrected chi connectivity index (χ2v) is 12.1. The fourth-order valence-electron chi connectivity index (χ4n) is 6.62. The van der Waals surface area contributed by atoms with Crippen molar-refractivity contribution in [3.05, 3.63) is 142 Å². The number of ether oxygens (including phenoxy) is 2. The topological polar surface area (TPSA) is 98.1 Å². The lowest BCUT2D eigenvalue weighted by molar-refractivity contribution is 0.0599. The summed E-state index contributed by atoms with van der Waals surface area (Å²) in [7, 11) is 4.72. The minimum Gasteiger partial charge on any atom is -0.497 e. The Morgan fingerprint density at radius 3 is 2.19 bits per heavy atom. The van der Waals surface area contributed by atoms with Crippen molar-refractivity contribution >= 4 is 34.3 Å². The van der Waals surface area contributed by atoms with Gasteiger partial charge in [-0.2, -0.15) is 0 Å². The first-order valence-electron chi connectivity index (χ1n) is 16.0. The SMILES string of the molecule is COC(=O)c1ccc(Cn2c(CN(C)C(=O)c3ccc(OC)cc3)c(C3=CCC(c4ccccc4)CC3)c3ccc(C(=O)O)cc32)cc1. The molecule has 0 spiro atoms. The number of carbonyl (C=O) groups excluding carboxylic acids is 2. The third-order valence-electron chi connectivity index (χ3n) is 9.21. The van der Waals surface area contributed by atoms with Gasteiger partial charge in [0.25, 0.3) is 5.91 Å². The van der Waals surface area contributed by atoms with E-state index >= 15 is 0 Å². The zero-order valence-corrected chi connectivity index (χ0v) is 27.3. The van der Waals surface area contributed by atoms with Gasteiger partial charge in [-0.25, -0.2) is 9.59 Å². The number of aromatic nitrogens is 1. The number of aromatic carboxylic acids is 1. The van der Waals surface area contributed by atoms with Crippen LogP contribution in [0.4, 0.5) is 0 Å². The molecule has 6 rings (SSSR count). The number of nitrogens with zero attached hydrogens (tertiary/aromatic N) is 2. The maximum atomic E-state index is 13.7. The average Bonchev–Trinajstić information content (AvgIpc) is 3.43. The summed E-state index contributed by atoms with van der Waals surface area (Å²) in [5.41, 5.74) is 7.32. The van der Waals surface area contributed by atoms with Crippen molar-refractivity contribution in [3.8, 4) is 5.75 Å². The van der Waals surface area contributed by atoms with Crippen LogP contribution in [0.5, 0.6) is 5.75 Å². The van der Waals surface area contributed by atoms with Crippen molar-refractivity contribution in [3.63, 3.8) is 0 Å². The van der Waals surface area contributed by atoms with Gasteiger partial charge in [0.2, 0.25) is 0 Å². The van der Waals surface area contributed by atoms with E-state index < -0.39 is 11.9 Å². The first kappa shape index (κ1) is 32.3. The molecule has 0 saturated heterocycles. The van der Waals surface area contributed by atoms with E-state index in [1.807, 2.05) is 24.3 Å². The third kappa shape index (κ3) is 6.60. The number of hydrogen-bond acceptors (Lipinski definition) is 5. The van der Waals surface area contributed by atoms with E-state index in [0.717, 1.165) is 47.0 Å². The van der Waals surface area contributed by atoms with Crippen molar-refractivity contribution in [2.45, 2.75) is 38.3 Å². The number of hydrogen-bond donors (Lipinski definition) is 1. The molecule has 1 amide bonds. The number of benzene rings is 4. The summed E-state index contributed by atoms with van der Waals surface area (Å²) in [5.74, 6) is -0.487. The fourth-order valence-corrected chi connectivity index (χ4v) is 6.62. The first-order chi connectivity index (χ1) is 23.3. The molecular weight excluding hydrogens is 604 g/mol. The van der Waals surface area contributed by atoms with Crippen LogP contribution >= 0.6 is 0 Å². The predicted octanol–water partition coefficient (Wildman–Crippen LogP) is 7.81. The Morgan fingerprint density at radius 1 is 0.875 bits per heavy atom. The van der Waals surface area contributed by atoms with Gasteiger partial charge in [0.05, 0.1) is 37.4 Å². The van der Waals surface area contributed by atoms with Crippen molar-refractivity contribution in [2.24, 2.45) is 0 Å². The number of carboxylic acids is 1. The van der Waals surface area contributed by atoms with Crippen LogP contribution in [0.1, 0.15) is 78.6 Å². The number of fused-ring (bicyclic) bond motifs is 1. The molecule has 4 aromatic carbocycles. The van der Waals surface area contributed by atoms with Gasteiger partial charge in [0.15, 0.2) is 0 Å². The standard InChI is InChI=1S/C40H38N2O6/c1-41(38(43)30-17-20-33(47-2)21-18-30)25-36-37(29-15-13-28(14-16-29)27-7-5-4-6-8-27)34-22-19-32(39(44)45)23-35(34)42(36)24-26-9-11-31(12-10-26)40(46)48-3/h4-12,15,17-23,28H,13-14,16,24-25H2,1-3H3,(H,44,45). The third-order valence-corrected chi connectivity index (χ3v) is 9.21. The Labute approximate surface area is 279 Å². The van der Waals surface area contributed by atoms with E-state index in [-0.39, 0.29) is 18.0 Å². The average molecular weight is 643 g/mol. The van der Waals surface area contributed by atoms with Gasteiger partial charge in [0, 0.05) is 35.8 Å². The lowest BCUT2D eigenvalue weighted by Crippen LogP contribution is -2.28. The molecule has 1 heterocycles. The number of esters is 1. The molecule has 0 saturated carbocycles.